The minimum atomic E-state index is -3.53. The van der Waals surface area contributed by atoms with Crippen molar-refractivity contribution in [1.29, 1.82) is 0 Å². The van der Waals surface area contributed by atoms with Crippen LogP contribution in [0.4, 0.5) is 0 Å². The number of aromatic amines is 1. The van der Waals surface area contributed by atoms with Crippen LogP contribution in [0.1, 0.15) is 67.9 Å². The summed E-state index contributed by atoms with van der Waals surface area (Å²) < 4.78 is 27.4. The molecule has 1 saturated heterocycles. The maximum atomic E-state index is 12.8. The molecule has 1 aromatic heterocycles. The molecule has 3 heterocycles. The number of aromatic nitrogens is 2. The summed E-state index contributed by atoms with van der Waals surface area (Å²) in [5.41, 5.74) is 1.08. The Hall–Kier alpha value is -1.29. The lowest BCUT2D eigenvalue weighted by molar-refractivity contribution is 0.116. The van der Waals surface area contributed by atoms with E-state index < -0.39 is 10.2 Å². The van der Waals surface area contributed by atoms with Gasteiger partial charge in [-0.1, -0.05) is 19.3 Å². The predicted octanol–water partition coefficient (Wildman–Crippen LogP) is 1.45. The second-order valence-corrected chi connectivity index (χ2v) is 11.0. The Morgan fingerprint density at radius 3 is 2.55 bits per heavy atom. The third kappa shape index (κ3) is 4.28. The van der Waals surface area contributed by atoms with Crippen LogP contribution in [0.25, 0.3) is 0 Å². The molecule has 1 atom stereocenters. The normalized spacial score (nSPS) is 25.3. The van der Waals surface area contributed by atoms with Crippen molar-refractivity contribution in [3.63, 3.8) is 0 Å². The Morgan fingerprint density at radius 1 is 1.07 bits per heavy atom. The first-order chi connectivity index (χ1) is 13.9. The molecule has 2 aliphatic heterocycles. The molecule has 0 spiro atoms. The molecule has 0 bridgehead atoms. The molecule has 0 amide bonds. The van der Waals surface area contributed by atoms with E-state index in [1.54, 1.807) is 0 Å². The van der Waals surface area contributed by atoms with Crippen LogP contribution in [0.5, 0.6) is 0 Å². The van der Waals surface area contributed by atoms with Crippen molar-refractivity contribution in [3.8, 4) is 0 Å². The van der Waals surface area contributed by atoms with Gasteiger partial charge in [-0.05, 0) is 32.2 Å². The van der Waals surface area contributed by atoms with Crippen LogP contribution in [0.3, 0.4) is 0 Å². The molecule has 0 unspecified atom stereocenters. The molecule has 1 aromatic rings. The number of hydrogen-bond acceptors (Lipinski definition) is 5. The Kier molecular flexibility index (Phi) is 6.11. The number of likely N-dealkylation sites (tertiary alicyclic amines) is 1. The molecule has 3 aliphatic rings. The van der Waals surface area contributed by atoms with Gasteiger partial charge in [0.25, 0.3) is 15.8 Å². The first-order valence-electron chi connectivity index (χ1n) is 10.9. The van der Waals surface area contributed by atoms with Crippen molar-refractivity contribution < 1.29 is 8.42 Å². The van der Waals surface area contributed by atoms with Gasteiger partial charge in [-0.3, -0.25) is 9.69 Å². The van der Waals surface area contributed by atoms with Crippen LogP contribution < -0.4 is 5.56 Å². The first kappa shape index (κ1) is 21.0. The number of nitrogens with zero attached hydrogens (tertiary/aromatic N) is 4. The van der Waals surface area contributed by atoms with Gasteiger partial charge in [0.1, 0.15) is 5.82 Å². The Morgan fingerprint density at radius 2 is 1.83 bits per heavy atom. The van der Waals surface area contributed by atoms with E-state index in [0.717, 1.165) is 37.4 Å². The average molecular weight is 424 g/mol. The quantitative estimate of drug-likeness (QED) is 0.792. The zero-order chi connectivity index (χ0) is 20.6. The van der Waals surface area contributed by atoms with Crippen molar-refractivity contribution in [2.45, 2.75) is 69.9 Å². The van der Waals surface area contributed by atoms with E-state index in [1.165, 1.54) is 54.8 Å². The summed E-state index contributed by atoms with van der Waals surface area (Å²) in [4.78, 5) is 23.2. The van der Waals surface area contributed by atoms with Gasteiger partial charge in [-0.25, -0.2) is 4.98 Å². The number of rotatable bonds is 4. The second kappa shape index (κ2) is 8.45. The molecule has 9 heteroatoms. The van der Waals surface area contributed by atoms with Gasteiger partial charge in [0.2, 0.25) is 0 Å². The fourth-order valence-electron chi connectivity index (χ4n) is 5.05. The van der Waals surface area contributed by atoms with Gasteiger partial charge >= 0.3 is 0 Å². The van der Waals surface area contributed by atoms with Crippen molar-refractivity contribution in [1.82, 2.24) is 23.5 Å². The van der Waals surface area contributed by atoms with Crippen LogP contribution in [-0.2, 0) is 23.2 Å². The van der Waals surface area contributed by atoms with E-state index in [4.69, 9.17) is 4.98 Å². The van der Waals surface area contributed by atoms with E-state index in [1.807, 2.05) is 0 Å². The maximum absolute atomic E-state index is 12.8. The summed E-state index contributed by atoms with van der Waals surface area (Å²) in [5.74, 6) is 1.05. The van der Waals surface area contributed by atoms with Crippen LogP contribution in [0.15, 0.2) is 4.79 Å². The van der Waals surface area contributed by atoms with Crippen molar-refractivity contribution in [3.05, 3.63) is 27.4 Å². The number of hydrogen-bond donors (Lipinski definition) is 1. The molecule has 1 aliphatic carbocycles. The molecular weight excluding hydrogens is 390 g/mol. The molecule has 29 heavy (non-hydrogen) atoms. The summed E-state index contributed by atoms with van der Waals surface area (Å²) in [5, 5.41) is 0. The Labute approximate surface area is 173 Å². The topological polar surface area (TPSA) is 89.6 Å². The van der Waals surface area contributed by atoms with Gasteiger partial charge in [0.15, 0.2) is 0 Å². The molecule has 1 N–H and O–H groups in total. The molecule has 8 nitrogen and oxygen atoms in total. The van der Waals surface area contributed by atoms with Crippen LogP contribution >= 0.6 is 0 Å². The molecular formula is C20H33N5O3S. The fraction of sp³-hybridized carbons (Fsp3) is 0.800. The van der Waals surface area contributed by atoms with Crippen LogP contribution in [0.2, 0.25) is 0 Å². The second-order valence-electron chi connectivity index (χ2n) is 8.88. The Balaban J connectivity index is 1.52. The van der Waals surface area contributed by atoms with E-state index in [0.29, 0.717) is 24.6 Å². The lowest BCUT2D eigenvalue weighted by Gasteiger charge is -2.39. The number of H-pyrrole nitrogens is 1. The predicted molar refractivity (Wildman–Crippen MR) is 112 cm³/mol. The molecule has 4 rings (SSSR count). The highest BCUT2D eigenvalue weighted by atomic mass is 32.2. The zero-order valence-corrected chi connectivity index (χ0v) is 18.4. The molecule has 2 fully saturated rings. The summed E-state index contributed by atoms with van der Waals surface area (Å²) >= 11 is 0. The van der Waals surface area contributed by atoms with Gasteiger partial charge < -0.3 is 4.98 Å². The molecule has 1 saturated carbocycles. The largest absolute Gasteiger partial charge is 0.310 e. The SMILES string of the molecule is CN(C)S(=O)(=O)N1CCc2nc([C@@H]3CCCN(C4CCCCC4)C3)[nH]c(=O)c2C1. The monoisotopic (exact) mass is 423 g/mol. The standard InChI is InChI=1S/C20H33N5O3S/c1-23(2)29(27,28)25-12-10-18-17(14-25)20(26)22-19(21-18)15-7-6-11-24(13-15)16-8-4-3-5-9-16/h15-16H,3-14H2,1-2H3,(H,21,22,26)/t15-/m1/s1. The van der Waals surface area contributed by atoms with E-state index in [2.05, 4.69) is 9.88 Å². The molecule has 0 aromatic carbocycles. The van der Waals surface area contributed by atoms with Crippen LogP contribution in [0, 0.1) is 0 Å². The lowest BCUT2D eigenvalue weighted by Crippen LogP contribution is -2.45. The van der Waals surface area contributed by atoms with Gasteiger partial charge in [0, 0.05) is 52.1 Å². The van der Waals surface area contributed by atoms with E-state index in [-0.39, 0.29) is 18.0 Å². The van der Waals surface area contributed by atoms with Gasteiger partial charge in [-0.2, -0.15) is 17.0 Å². The van der Waals surface area contributed by atoms with Gasteiger partial charge in [0.05, 0.1) is 11.3 Å². The van der Waals surface area contributed by atoms with Crippen molar-refractivity contribution >= 4 is 10.2 Å². The summed E-state index contributed by atoms with van der Waals surface area (Å²) in [6.45, 7) is 2.57. The van der Waals surface area contributed by atoms with Gasteiger partial charge in [-0.15, -0.1) is 0 Å². The summed E-state index contributed by atoms with van der Waals surface area (Å²) in [6.07, 6.45) is 9.25. The third-order valence-corrected chi connectivity index (χ3v) is 8.66. The lowest BCUT2D eigenvalue weighted by atomic mass is 9.90. The highest BCUT2D eigenvalue weighted by Gasteiger charge is 2.33. The minimum absolute atomic E-state index is 0.0946. The molecule has 162 valence electrons. The van der Waals surface area contributed by atoms with E-state index >= 15 is 0 Å². The minimum Gasteiger partial charge on any atom is -0.310 e. The fourth-order valence-corrected chi connectivity index (χ4v) is 6.12. The highest BCUT2D eigenvalue weighted by molar-refractivity contribution is 7.86. The molecule has 0 radical (unpaired) electrons. The Bertz CT molecular complexity index is 892. The average Bonchev–Trinajstić information content (AvgIpc) is 2.74. The first-order valence-corrected chi connectivity index (χ1v) is 12.3. The summed E-state index contributed by atoms with van der Waals surface area (Å²) in [6, 6.07) is 0.681. The zero-order valence-electron chi connectivity index (χ0n) is 17.6. The van der Waals surface area contributed by atoms with Crippen molar-refractivity contribution in [2.75, 3.05) is 33.7 Å². The summed E-state index contributed by atoms with van der Waals surface area (Å²) in [7, 11) is -0.507. The third-order valence-electron chi connectivity index (χ3n) is 6.77. The smallest absolute Gasteiger partial charge is 0.281 e. The number of piperidine rings is 1. The van der Waals surface area contributed by atoms with Crippen LogP contribution in [-0.4, -0.2) is 71.7 Å². The van der Waals surface area contributed by atoms with E-state index in [9.17, 15) is 13.2 Å². The number of nitrogens with one attached hydrogen (secondary N) is 1. The maximum Gasteiger partial charge on any atom is 0.281 e. The number of fused-ring (bicyclic) bond motifs is 1. The van der Waals surface area contributed by atoms with Crippen molar-refractivity contribution in [2.24, 2.45) is 0 Å². The highest BCUT2D eigenvalue weighted by Crippen LogP contribution is 2.31.